The molecular weight excluding hydrogens is 374 g/mol. The van der Waals surface area contributed by atoms with Gasteiger partial charge in [-0.15, -0.1) is 11.3 Å². The van der Waals surface area contributed by atoms with Crippen LogP contribution in [0.3, 0.4) is 0 Å². The van der Waals surface area contributed by atoms with Crippen molar-refractivity contribution < 1.29 is 14.6 Å². The first-order valence-electron chi connectivity index (χ1n) is 9.69. The smallest absolute Gasteiger partial charge is 0.257 e. The molecule has 2 aliphatic rings. The number of hydrogen-bond donors (Lipinski definition) is 1. The van der Waals surface area contributed by atoms with Crippen LogP contribution in [0.1, 0.15) is 42.2 Å². The number of likely N-dealkylation sites (tertiary alicyclic amines) is 1. The van der Waals surface area contributed by atoms with E-state index in [0.29, 0.717) is 30.0 Å². The van der Waals surface area contributed by atoms with Gasteiger partial charge in [-0.25, -0.2) is 5.01 Å². The number of hydrogen-bond acceptors (Lipinski definition) is 6. The van der Waals surface area contributed by atoms with Crippen LogP contribution in [0, 0.1) is 0 Å². The van der Waals surface area contributed by atoms with Gasteiger partial charge < -0.3 is 9.84 Å². The predicted molar refractivity (Wildman–Crippen MR) is 110 cm³/mol. The molecule has 1 amide bonds. The molecule has 1 aromatic carbocycles. The molecule has 1 aromatic heterocycles. The molecule has 0 spiro atoms. The summed E-state index contributed by atoms with van der Waals surface area (Å²) >= 11 is 1.63. The summed E-state index contributed by atoms with van der Waals surface area (Å²) in [7, 11) is 1.53. The normalized spacial score (nSPS) is 20.2. The number of hydrazone groups is 1. The van der Waals surface area contributed by atoms with Crippen molar-refractivity contribution in [3.05, 3.63) is 46.2 Å². The summed E-state index contributed by atoms with van der Waals surface area (Å²) in [6.45, 7) is 2.33. The third-order valence-electron chi connectivity index (χ3n) is 5.37. The molecule has 1 fully saturated rings. The van der Waals surface area contributed by atoms with Crippen LogP contribution in [0.25, 0.3) is 0 Å². The van der Waals surface area contributed by atoms with Crippen molar-refractivity contribution in [2.45, 2.75) is 31.7 Å². The summed E-state index contributed by atoms with van der Waals surface area (Å²) in [5.41, 5.74) is 1.33. The highest BCUT2D eigenvalue weighted by Crippen LogP contribution is 2.39. The minimum Gasteiger partial charge on any atom is -0.504 e. The first-order valence-corrected chi connectivity index (χ1v) is 10.6. The highest BCUT2D eigenvalue weighted by Gasteiger charge is 2.35. The maximum Gasteiger partial charge on any atom is 0.257 e. The zero-order valence-corrected chi connectivity index (χ0v) is 16.8. The van der Waals surface area contributed by atoms with E-state index in [0.717, 1.165) is 30.8 Å². The molecule has 148 valence electrons. The van der Waals surface area contributed by atoms with Crippen molar-refractivity contribution in [3.63, 3.8) is 0 Å². The van der Waals surface area contributed by atoms with Crippen LogP contribution in [0.5, 0.6) is 11.5 Å². The minimum absolute atomic E-state index is 0.0117. The van der Waals surface area contributed by atoms with E-state index in [9.17, 15) is 9.90 Å². The van der Waals surface area contributed by atoms with Crippen molar-refractivity contribution in [2.24, 2.45) is 5.10 Å². The molecule has 0 aliphatic carbocycles. The Morgan fingerprint density at radius 3 is 2.79 bits per heavy atom. The molecule has 1 atom stereocenters. The first-order chi connectivity index (χ1) is 13.7. The molecular formula is C21H25N3O3S. The SMILES string of the molecule is COc1cccc(C2=NN(C(=O)CN3CCCCC3)C(c3cccs3)C2)c1O. The number of para-hydroxylation sites is 1. The lowest BCUT2D eigenvalue weighted by Crippen LogP contribution is -2.40. The minimum atomic E-state index is -0.127. The fraction of sp³-hybridized carbons (Fsp3) is 0.429. The second-order valence-electron chi connectivity index (χ2n) is 7.21. The van der Waals surface area contributed by atoms with E-state index in [1.807, 2.05) is 29.6 Å². The molecule has 3 heterocycles. The fourth-order valence-electron chi connectivity index (χ4n) is 3.91. The average Bonchev–Trinajstić information content (AvgIpc) is 3.39. The number of phenols is 1. The molecule has 7 heteroatoms. The Hall–Kier alpha value is -2.38. The highest BCUT2D eigenvalue weighted by molar-refractivity contribution is 7.10. The molecule has 0 saturated carbocycles. The summed E-state index contributed by atoms with van der Waals surface area (Å²) in [6, 6.07) is 9.27. The van der Waals surface area contributed by atoms with Crippen LogP contribution in [0.2, 0.25) is 0 Å². The Balaban J connectivity index is 1.62. The van der Waals surface area contributed by atoms with Gasteiger partial charge in [0.05, 0.1) is 25.4 Å². The van der Waals surface area contributed by atoms with E-state index in [2.05, 4.69) is 10.0 Å². The summed E-state index contributed by atoms with van der Waals surface area (Å²) in [4.78, 5) is 16.4. The van der Waals surface area contributed by atoms with E-state index in [1.54, 1.807) is 22.4 Å². The van der Waals surface area contributed by atoms with Gasteiger partial charge in [-0.1, -0.05) is 18.6 Å². The number of piperidine rings is 1. The van der Waals surface area contributed by atoms with Crippen LogP contribution in [0.4, 0.5) is 0 Å². The zero-order chi connectivity index (χ0) is 19.5. The van der Waals surface area contributed by atoms with Crippen molar-refractivity contribution in [3.8, 4) is 11.5 Å². The largest absolute Gasteiger partial charge is 0.504 e. The zero-order valence-electron chi connectivity index (χ0n) is 16.0. The number of carbonyl (C=O) groups excluding carboxylic acids is 1. The van der Waals surface area contributed by atoms with Gasteiger partial charge in [-0.05, 0) is 49.5 Å². The molecule has 2 aliphatic heterocycles. The van der Waals surface area contributed by atoms with Crippen molar-refractivity contribution >= 4 is 23.0 Å². The number of rotatable bonds is 5. The van der Waals surface area contributed by atoms with Gasteiger partial charge in [0.1, 0.15) is 0 Å². The van der Waals surface area contributed by atoms with Crippen LogP contribution < -0.4 is 4.74 Å². The van der Waals surface area contributed by atoms with E-state index in [1.165, 1.54) is 13.5 Å². The van der Waals surface area contributed by atoms with Gasteiger partial charge in [0, 0.05) is 16.9 Å². The van der Waals surface area contributed by atoms with Gasteiger partial charge in [-0.3, -0.25) is 9.69 Å². The lowest BCUT2D eigenvalue weighted by molar-refractivity contribution is -0.134. The number of phenolic OH excluding ortho intramolecular Hbond substituents is 1. The monoisotopic (exact) mass is 399 g/mol. The van der Waals surface area contributed by atoms with Crippen molar-refractivity contribution in [1.29, 1.82) is 0 Å². The number of aromatic hydroxyl groups is 1. The molecule has 1 saturated heterocycles. The summed E-state index contributed by atoms with van der Waals surface area (Å²) in [6.07, 6.45) is 4.11. The van der Waals surface area contributed by atoms with E-state index < -0.39 is 0 Å². The topological polar surface area (TPSA) is 65.4 Å². The number of carbonyl (C=O) groups is 1. The average molecular weight is 400 g/mol. The number of nitrogens with zero attached hydrogens (tertiary/aromatic N) is 3. The molecule has 28 heavy (non-hydrogen) atoms. The first kappa shape index (κ1) is 19.0. The Labute approximate surface area is 169 Å². The van der Waals surface area contributed by atoms with E-state index in [-0.39, 0.29) is 17.7 Å². The lowest BCUT2D eigenvalue weighted by atomic mass is 10.0. The maximum atomic E-state index is 13.1. The Morgan fingerprint density at radius 1 is 1.25 bits per heavy atom. The van der Waals surface area contributed by atoms with Gasteiger partial charge in [0.15, 0.2) is 11.5 Å². The second kappa shape index (κ2) is 8.32. The molecule has 0 bridgehead atoms. The third kappa shape index (κ3) is 3.77. The molecule has 4 rings (SSSR count). The third-order valence-corrected chi connectivity index (χ3v) is 6.35. The maximum absolute atomic E-state index is 13.1. The van der Waals surface area contributed by atoms with Gasteiger partial charge in [0.25, 0.3) is 5.91 Å². The standard InChI is InChI=1S/C21H25N3O3S/c1-27-18-8-5-7-15(21(18)26)16-13-17(19-9-6-12-28-19)24(22-16)20(25)14-23-10-3-2-4-11-23/h5-9,12,17,26H,2-4,10-11,13-14H2,1H3. The number of amides is 1. The number of thiophene rings is 1. The van der Waals surface area contributed by atoms with Gasteiger partial charge in [0.2, 0.25) is 0 Å². The quantitative estimate of drug-likeness (QED) is 0.834. The lowest BCUT2D eigenvalue weighted by Gasteiger charge is -2.28. The summed E-state index contributed by atoms with van der Waals surface area (Å²) in [5.74, 6) is 0.489. The van der Waals surface area contributed by atoms with Crippen LogP contribution in [0.15, 0.2) is 40.8 Å². The molecule has 0 radical (unpaired) electrons. The fourth-order valence-corrected chi connectivity index (χ4v) is 4.72. The Kier molecular flexibility index (Phi) is 5.64. The number of benzene rings is 1. The summed E-state index contributed by atoms with van der Waals surface area (Å²) < 4.78 is 5.23. The molecule has 1 unspecified atom stereocenters. The van der Waals surface area contributed by atoms with Crippen molar-refractivity contribution in [2.75, 3.05) is 26.7 Å². The van der Waals surface area contributed by atoms with Gasteiger partial charge in [-0.2, -0.15) is 5.10 Å². The van der Waals surface area contributed by atoms with Crippen LogP contribution in [-0.2, 0) is 4.79 Å². The van der Waals surface area contributed by atoms with Crippen LogP contribution in [-0.4, -0.2) is 53.4 Å². The van der Waals surface area contributed by atoms with Gasteiger partial charge >= 0.3 is 0 Å². The predicted octanol–water partition coefficient (Wildman–Crippen LogP) is 3.63. The second-order valence-corrected chi connectivity index (χ2v) is 8.19. The Bertz CT molecular complexity index is 860. The molecule has 6 nitrogen and oxygen atoms in total. The van der Waals surface area contributed by atoms with E-state index in [4.69, 9.17) is 4.74 Å². The highest BCUT2D eigenvalue weighted by atomic mass is 32.1. The number of ether oxygens (including phenoxy) is 1. The van der Waals surface area contributed by atoms with E-state index >= 15 is 0 Å². The van der Waals surface area contributed by atoms with Crippen molar-refractivity contribution in [1.82, 2.24) is 9.91 Å². The molecule has 2 aromatic rings. The number of methoxy groups -OCH3 is 1. The van der Waals surface area contributed by atoms with Crippen LogP contribution >= 0.6 is 11.3 Å². The molecule has 1 N–H and O–H groups in total. The summed E-state index contributed by atoms with van der Waals surface area (Å²) in [5, 5.41) is 18.8. The Morgan fingerprint density at radius 2 is 2.07 bits per heavy atom.